The normalized spacial score (nSPS) is 10.8. The first kappa shape index (κ1) is 13.7. The second-order valence-electron chi connectivity index (χ2n) is 4.39. The highest BCUT2D eigenvalue weighted by Gasteiger charge is 2.11. The molecule has 106 valence electrons. The Bertz CT molecular complexity index is 742. The minimum absolute atomic E-state index is 0.313. The second kappa shape index (κ2) is 6.03. The lowest BCUT2D eigenvalue weighted by Gasteiger charge is -2.08. The molecule has 0 bridgehead atoms. The van der Waals surface area contributed by atoms with Crippen LogP contribution < -0.4 is 0 Å². The lowest BCUT2D eigenvalue weighted by Crippen LogP contribution is -2.03. The predicted molar refractivity (Wildman–Crippen MR) is 80.3 cm³/mol. The lowest BCUT2D eigenvalue weighted by molar-refractivity contribution is 0.178. The van der Waals surface area contributed by atoms with E-state index in [1.54, 1.807) is 19.4 Å². The summed E-state index contributed by atoms with van der Waals surface area (Å²) in [4.78, 5) is 8.61. The molecule has 0 aliphatic rings. The van der Waals surface area contributed by atoms with Crippen molar-refractivity contribution in [3.05, 3.63) is 59.6 Å². The fraction of sp³-hybridized carbons (Fsp3) is 0.133. The molecule has 6 heteroatoms. The molecule has 3 rings (SSSR count). The number of aromatic nitrogens is 4. The fourth-order valence-electron chi connectivity index (χ4n) is 2.06. The summed E-state index contributed by atoms with van der Waals surface area (Å²) in [7, 11) is 1.60. The summed E-state index contributed by atoms with van der Waals surface area (Å²) < 4.78 is 6.88. The monoisotopic (exact) mass is 300 g/mol. The highest BCUT2D eigenvalue weighted by Crippen LogP contribution is 2.22. The Morgan fingerprint density at radius 2 is 1.95 bits per heavy atom. The molecule has 0 unspecified atom stereocenters. The zero-order valence-electron chi connectivity index (χ0n) is 11.4. The highest BCUT2D eigenvalue weighted by atomic mass is 35.5. The summed E-state index contributed by atoms with van der Waals surface area (Å²) in [6, 6.07) is 13.5. The highest BCUT2D eigenvalue weighted by molar-refractivity contribution is 6.29. The average Bonchev–Trinajstić information content (AvgIpc) is 2.97. The molecule has 0 saturated carbocycles. The number of rotatable bonds is 4. The third-order valence-corrected chi connectivity index (χ3v) is 3.11. The van der Waals surface area contributed by atoms with Crippen molar-refractivity contribution in [3.63, 3.8) is 0 Å². The molecule has 2 heterocycles. The van der Waals surface area contributed by atoms with Gasteiger partial charge in [0.2, 0.25) is 0 Å². The van der Waals surface area contributed by atoms with E-state index in [2.05, 4.69) is 15.1 Å². The summed E-state index contributed by atoms with van der Waals surface area (Å²) in [5.41, 5.74) is 2.52. The van der Waals surface area contributed by atoms with Crippen molar-refractivity contribution < 1.29 is 4.74 Å². The Labute approximate surface area is 127 Å². The molecule has 2 aromatic heterocycles. The van der Waals surface area contributed by atoms with Gasteiger partial charge in [-0.25, -0.2) is 14.6 Å². The lowest BCUT2D eigenvalue weighted by atomic mass is 10.2. The van der Waals surface area contributed by atoms with Crippen molar-refractivity contribution in [2.75, 3.05) is 7.11 Å². The van der Waals surface area contributed by atoms with Crippen molar-refractivity contribution in [3.8, 4) is 17.1 Å². The van der Waals surface area contributed by atoms with E-state index >= 15 is 0 Å². The van der Waals surface area contributed by atoms with Crippen molar-refractivity contribution in [2.45, 2.75) is 6.61 Å². The van der Waals surface area contributed by atoms with Gasteiger partial charge in [-0.15, -0.1) is 0 Å². The van der Waals surface area contributed by atoms with E-state index in [1.807, 2.05) is 41.1 Å². The molecule has 0 atom stereocenters. The van der Waals surface area contributed by atoms with E-state index < -0.39 is 0 Å². The fourth-order valence-corrected chi connectivity index (χ4v) is 2.26. The maximum Gasteiger partial charge on any atom is 0.156 e. The Hall–Kier alpha value is -2.24. The number of para-hydroxylation sites is 1. The molecule has 0 aliphatic heterocycles. The minimum Gasteiger partial charge on any atom is -0.377 e. The number of hydrogen-bond donors (Lipinski definition) is 0. The van der Waals surface area contributed by atoms with Gasteiger partial charge in [0.15, 0.2) is 5.82 Å². The smallest absolute Gasteiger partial charge is 0.156 e. The van der Waals surface area contributed by atoms with E-state index in [-0.39, 0.29) is 0 Å². The zero-order valence-corrected chi connectivity index (χ0v) is 12.2. The number of nitrogens with zero attached hydrogens (tertiary/aromatic N) is 4. The van der Waals surface area contributed by atoms with Crippen LogP contribution in [0.15, 0.2) is 48.7 Å². The van der Waals surface area contributed by atoms with Crippen LogP contribution in [0.5, 0.6) is 0 Å². The van der Waals surface area contributed by atoms with Gasteiger partial charge in [0.1, 0.15) is 11.8 Å². The van der Waals surface area contributed by atoms with Crippen molar-refractivity contribution in [2.24, 2.45) is 0 Å². The maximum absolute atomic E-state index is 6.06. The van der Waals surface area contributed by atoms with Crippen molar-refractivity contribution in [1.29, 1.82) is 0 Å². The van der Waals surface area contributed by atoms with Gasteiger partial charge in [-0.05, 0) is 18.2 Å². The number of ether oxygens (including phenoxy) is 1. The topological polar surface area (TPSA) is 52.8 Å². The minimum atomic E-state index is 0.313. The molecule has 0 N–H and O–H groups in total. The Morgan fingerprint density at radius 1 is 1.14 bits per heavy atom. The molecule has 1 aromatic carbocycles. The SMILES string of the molecule is COCc1nc(Cl)cc(-c2ccnn2-c2ccccc2)n1. The van der Waals surface area contributed by atoms with E-state index in [1.165, 1.54) is 0 Å². The van der Waals surface area contributed by atoms with Gasteiger partial charge >= 0.3 is 0 Å². The second-order valence-corrected chi connectivity index (χ2v) is 4.78. The van der Waals surface area contributed by atoms with Gasteiger partial charge in [-0.3, -0.25) is 0 Å². The first-order chi connectivity index (χ1) is 10.3. The van der Waals surface area contributed by atoms with Crippen LogP contribution in [0.25, 0.3) is 17.1 Å². The molecule has 0 saturated heterocycles. The van der Waals surface area contributed by atoms with Gasteiger partial charge in [-0.1, -0.05) is 29.8 Å². The quantitative estimate of drug-likeness (QED) is 0.695. The Morgan fingerprint density at radius 3 is 2.71 bits per heavy atom. The van der Waals surface area contributed by atoms with Gasteiger partial charge < -0.3 is 4.74 Å². The zero-order chi connectivity index (χ0) is 14.7. The molecule has 21 heavy (non-hydrogen) atoms. The van der Waals surface area contributed by atoms with Crippen molar-refractivity contribution >= 4 is 11.6 Å². The molecule has 0 fully saturated rings. The Kier molecular flexibility index (Phi) is 3.94. The standard InChI is InChI=1S/C15H13ClN4O/c1-21-10-15-18-12(9-14(16)19-15)13-7-8-17-20(13)11-5-3-2-4-6-11/h2-9H,10H2,1H3. The number of halogens is 1. The number of hydrogen-bond acceptors (Lipinski definition) is 4. The van der Waals surface area contributed by atoms with E-state index in [9.17, 15) is 0 Å². The van der Waals surface area contributed by atoms with E-state index in [0.717, 1.165) is 11.4 Å². The molecular weight excluding hydrogens is 288 g/mol. The first-order valence-electron chi connectivity index (χ1n) is 6.40. The van der Waals surface area contributed by atoms with Gasteiger partial charge in [0, 0.05) is 13.2 Å². The van der Waals surface area contributed by atoms with Gasteiger partial charge in [-0.2, -0.15) is 5.10 Å². The molecule has 5 nitrogen and oxygen atoms in total. The van der Waals surface area contributed by atoms with Crippen LogP contribution in [-0.2, 0) is 11.3 Å². The molecule has 3 aromatic rings. The third kappa shape index (κ3) is 2.94. The molecule has 0 spiro atoms. The van der Waals surface area contributed by atoms with Crippen LogP contribution in [0.3, 0.4) is 0 Å². The molecule has 0 amide bonds. The molecule has 0 radical (unpaired) electrons. The van der Waals surface area contributed by atoms with Crippen molar-refractivity contribution in [1.82, 2.24) is 19.7 Å². The summed E-state index contributed by atoms with van der Waals surface area (Å²) in [5.74, 6) is 0.542. The number of methoxy groups -OCH3 is 1. The summed E-state index contributed by atoms with van der Waals surface area (Å²) in [5, 5.41) is 4.73. The van der Waals surface area contributed by atoms with Crippen LogP contribution in [0, 0.1) is 0 Å². The van der Waals surface area contributed by atoms with Crippen LogP contribution >= 0.6 is 11.6 Å². The molecule has 0 aliphatic carbocycles. The first-order valence-corrected chi connectivity index (χ1v) is 6.78. The van der Waals surface area contributed by atoms with Crippen LogP contribution in [0.4, 0.5) is 0 Å². The third-order valence-electron chi connectivity index (χ3n) is 2.92. The van der Waals surface area contributed by atoms with Crippen LogP contribution in [0.1, 0.15) is 5.82 Å². The largest absolute Gasteiger partial charge is 0.377 e. The summed E-state index contributed by atoms with van der Waals surface area (Å²) in [6.07, 6.45) is 1.73. The average molecular weight is 301 g/mol. The summed E-state index contributed by atoms with van der Waals surface area (Å²) in [6.45, 7) is 0.313. The van der Waals surface area contributed by atoms with E-state index in [0.29, 0.717) is 23.3 Å². The van der Waals surface area contributed by atoms with Gasteiger partial charge in [0.05, 0.1) is 23.3 Å². The van der Waals surface area contributed by atoms with Crippen LogP contribution in [0.2, 0.25) is 5.15 Å². The van der Waals surface area contributed by atoms with Crippen LogP contribution in [-0.4, -0.2) is 26.9 Å². The summed E-state index contributed by atoms with van der Waals surface area (Å²) >= 11 is 6.06. The van der Waals surface area contributed by atoms with E-state index in [4.69, 9.17) is 16.3 Å². The predicted octanol–water partition coefficient (Wildman–Crippen LogP) is 3.13. The number of benzene rings is 1. The Balaban J connectivity index is 2.08. The van der Waals surface area contributed by atoms with Gasteiger partial charge in [0.25, 0.3) is 0 Å². The molecular formula is C15H13ClN4O. The maximum atomic E-state index is 6.06.